The summed E-state index contributed by atoms with van der Waals surface area (Å²) in [6, 6.07) is 22.2. The van der Waals surface area contributed by atoms with Gasteiger partial charge in [0.1, 0.15) is 5.75 Å². The van der Waals surface area contributed by atoms with Crippen LogP contribution in [0.1, 0.15) is 30.6 Å². The van der Waals surface area contributed by atoms with Gasteiger partial charge in [-0.2, -0.15) is 0 Å². The fourth-order valence-corrected chi connectivity index (χ4v) is 2.97. The van der Waals surface area contributed by atoms with Gasteiger partial charge >= 0.3 is 0 Å². The van der Waals surface area contributed by atoms with E-state index in [0.717, 1.165) is 23.3 Å². The predicted molar refractivity (Wildman–Crippen MR) is 103 cm³/mol. The zero-order chi connectivity index (χ0) is 17.5. The lowest BCUT2D eigenvalue weighted by Gasteiger charge is -2.16. The van der Waals surface area contributed by atoms with E-state index in [1.165, 1.54) is 10.8 Å². The number of hydrogen-bond acceptors (Lipinski definition) is 3. The summed E-state index contributed by atoms with van der Waals surface area (Å²) in [5, 5.41) is 16.1. The van der Waals surface area contributed by atoms with E-state index >= 15 is 0 Å². The Hall–Kier alpha value is -2.36. The van der Waals surface area contributed by atoms with Gasteiger partial charge in [0.05, 0.1) is 12.7 Å². The highest BCUT2D eigenvalue weighted by molar-refractivity contribution is 5.87. The van der Waals surface area contributed by atoms with E-state index in [0.29, 0.717) is 19.7 Å². The molecule has 3 aromatic rings. The average Bonchev–Trinajstić information content (AvgIpc) is 2.67. The van der Waals surface area contributed by atoms with Gasteiger partial charge in [0.25, 0.3) is 0 Å². The van der Waals surface area contributed by atoms with E-state index in [9.17, 15) is 5.11 Å². The van der Waals surface area contributed by atoms with E-state index < -0.39 is 6.10 Å². The van der Waals surface area contributed by atoms with Crippen LogP contribution in [0.5, 0.6) is 5.75 Å². The first-order valence-corrected chi connectivity index (χ1v) is 8.86. The maximum Gasteiger partial charge on any atom is 0.124 e. The Morgan fingerprint density at radius 3 is 2.52 bits per heavy atom. The Labute approximate surface area is 149 Å². The Bertz CT molecular complexity index is 801. The Morgan fingerprint density at radius 2 is 1.72 bits per heavy atom. The Kier molecular flexibility index (Phi) is 6.04. The number of fused-ring (bicyclic) bond motifs is 1. The molecule has 0 fully saturated rings. The van der Waals surface area contributed by atoms with Crippen molar-refractivity contribution in [1.29, 1.82) is 0 Å². The van der Waals surface area contributed by atoms with Crippen molar-refractivity contribution in [3.63, 3.8) is 0 Å². The van der Waals surface area contributed by atoms with Crippen molar-refractivity contribution in [1.82, 2.24) is 5.32 Å². The zero-order valence-corrected chi connectivity index (χ0v) is 14.6. The standard InChI is InChI=1S/C22H25NO2/c1-2-14-25-22-13-12-17-8-6-7-11-19(17)20(22)15-23-16-21(24)18-9-4-3-5-10-18/h3-13,21,23-24H,2,14-16H2,1H3/t21-/m1/s1. The minimum Gasteiger partial charge on any atom is -0.493 e. The summed E-state index contributed by atoms with van der Waals surface area (Å²) in [7, 11) is 0. The third kappa shape index (κ3) is 4.38. The average molecular weight is 335 g/mol. The summed E-state index contributed by atoms with van der Waals surface area (Å²) in [6.07, 6.45) is 0.461. The van der Waals surface area contributed by atoms with Crippen molar-refractivity contribution in [2.45, 2.75) is 26.0 Å². The number of aliphatic hydroxyl groups excluding tert-OH is 1. The molecule has 0 radical (unpaired) electrons. The van der Waals surface area contributed by atoms with Crippen LogP contribution in [-0.4, -0.2) is 18.3 Å². The normalized spacial score (nSPS) is 12.2. The van der Waals surface area contributed by atoms with E-state index in [1.54, 1.807) is 0 Å². The highest BCUT2D eigenvalue weighted by Gasteiger charge is 2.11. The predicted octanol–water partition coefficient (Wildman–Crippen LogP) is 4.45. The van der Waals surface area contributed by atoms with Crippen molar-refractivity contribution >= 4 is 10.8 Å². The summed E-state index contributed by atoms with van der Waals surface area (Å²) in [6.45, 7) is 3.97. The van der Waals surface area contributed by atoms with Crippen LogP contribution < -0.4 is 10.1 Å². The summed E-state index contributed by atoms with van der Waals surface area (Å²) in [5.74, 6) is 0.919. The molecule has 0 aliphatic rings. The van der Waals surface area contributed by atoms with Crippen LogP contribution in [0.3, 0.4) is 0 Å². The van der Waals surface area contributed by atoms with Gasteiger partial charge in [-0.15, -0.1) is 0 Å². The van der Waals surface area contributed by atoms with Crippen LogP contribution >= 0.6 is 0 Å². The summed E-state index contributed by atoms with van der Waals surface area (Å²) in [5.41, 5.74) is 2.07. The van der Waals surface area contributed by atoms with Gasteiger partial charge in [-0.25, -0.2) is 0 Å². The molecule has 0 amide bonds. The second-order valence-electron chi connectivity index (χ2n) is 6.17. The van der Waals surface area contributed by atoms with E-state index in [4.69, 9.17) is 4.74 Å². The Morgan fingerprint density at radius 1 is 0.960 bits per heavy atom. The quantitative estimate of drug-likeness (QED) is 0.639. The first kappa shape index (κ1) is 17.5. The molecule has 0 saturated heterocycles. The van der Waals surface area contributed by atoms with Gasteiger partial charge < -0.3 is 15.2 Å². The SMILES string of the molecule is CCCOc1ccc2ccccc2c1CNC[C@@H](O)c1ccccc1. The highest BCUT2D eigenvalue weighted by Crippen LogP contribution is 2.28. The maximum absolute atomic E-state index is 10.3. The molecule has 3 heteroatoms. The molecule has 0 unspecified atom stereocenters. The molecule has 0 bridgehead atoms. The van der Waals surface area contributed by atoms with E-state index in [-0.39, 0.29) is 0 Å². The van der Waals surface area contributed by atoms with Crippen molar-refractivity contribution < 1.29 is 9.84 Å². The molecule has 25 heavy (non-hydrogen) atoms. The smallest absolute Gasteiger partial charge is 0.124 e. The molecule has 0 aliphatic heterocycles. The molecule has 0 spiro atoms. The lowest BCUT2D eigenvalue weighted by molar-refractivity contribution is 0.174. The molecule has 130 valence electrons. The minimum absolute atomic E-state index is 0.500. The monoisotopic (exact) mass is 335 g/mol. The summed E-state index contributed by atoms with van der Waals surface area (Å²) < 4.78 is 5.93. The molecule has 0 heterocycles. The molecule has 3 nitrogen and oxygen atoms in total. The van der Waals surface area contributed by atoms with Crippen LogP contribution in [0.4, 0.5) is 0 Å². The molecule has 0 aliphatic carbocycles. The fourth-order valence-electron chi connectivity index (χ4n) is 2.97. The summed E-state index contributed by atoms with van der Waals surface area (Å²) >= 11 is 0. The largest absolute Gasteiger partial charge is 0.493 e. The van der Waals surface area contributed by atoms with Gasteiger partial charge in [0.15, 0.2) is 0 Å². The third-order valence-electron chi connectivity index (χ3n) is 4.28. The number of nitrogens with one attached hydrogen (secondary N) is 1. The van der Waals surface area contributed by atoms with Crippen LogP contribution in [0, 0.1) is 0 Å². The lowest BCUT2D eigenvalue weighted by atomic mass is 10.0. The van der Waals surface area contributed by atoms with Crippen molar-refractivity contribution in [3.8, 4) is 5.75 Å². The number of hydrogen-bond donors (Lipinski definition) is 2. The third-order valence-corrected chi connectivity index (χ3v) is 4.28. The Balaban J connectivity index is 1.75. The van der Waals surface area contributed by atoms with Crippen LogP contribution in [-0.2, 0) is 6.54 Å². The fraction of sp³-hybridized carbons (Fsp3) is 0.273. The molecule has 0 aromatic heterocycles. The van der Waals surface area contributed by atoms with Gasteiger partial charge in [-0.1, -0.05) is 67.6 Å². The van der Waals surface area contributed by atoms with Gasteiger partial charge in [-0.05, 0) is 28.8 Å². The number of rotatable bonds is 8. The first-order chi connectivity index (χ1) is 12.3. The highest BCUT2D eigenvalue weighted by atomic mass is 16.5. The van der Waals surface area contributed by atoms with Crippen molar-refractivity contribution in [2.24, 2.45) is 0 Å². The topological polar surface area (TPSA) is 41.5 Å². The van der Waals surface area contributed by atoms with Crippen molar-refractivity contribution in [3.05, 3.63) is 77.9 Å². The summed E-state index contributed by atoms with van der Waals surface area (Å²) in [4.78, 5) is 0. The zero-order valence-electron chi connectivity index (χ0n) is 14.6. The van der Waals surface area contributed by atoms with Gasteiger partial charge in [0, 0.05) is 18.7 Å². The van der Waals surface area contributed by atoms with Crippen LogP contribution in [0.25, 0.3) is 10.8 Å². The molecule has 1 atom stereocenters. The number of aliphatic hydroxyl groups is 1. The second kappa shape index (κ2) is 8.65. The van der Waals surface area contributed by atoms with Gasteiger partial charge in [-0.3, -0.25) is 0 Å². The maximum atomic E-state index is 10.3. The van der Waals surface area contributed by atoms with Crippen LogP contribution in [0.2, 0.25) is 0 Å². The molecule has 2 N–H and O–H groups in total. The van der Waals surface area contributed by atoms with Crippen molar-refractivity contribution in [2.75, 3.05) is 13.2 Å². The molecule has 3 rings (SSSR count). The number of ether oxygens (including phenoxy) is 1. The van der Waals surface area contributed by atoms with Crippen LogP contribution in [0.15, 0.2) is 66.7 Å². The first-order valence-electron chi connectivity index (χ1n) is 8.86. The molecular formula is C22H25NO2. The number of benzene rings is 3. The van der Waals surface area contributed by atoms with E-state index in [1.807, 2.05) is 48.5 Å². The molecule has 3 aromatic carbocycles. The van der Waals surface area contributed by atoms with E-state index in [2.05, 4.69) is 30.4 Å². The molecule has 0 saturated carbocycles. The lowest BCUT2D eigenvalue weighted by Crippen LogP contribution is -2.21. The van der Waals surface area contributed by atoms with Gasteiger partial charge in [0.2, 0.25) is 0 Å². The minimum atomic E-state index is -0.517. The second-order valence-corrected chi connectivity index (χ2v) is 6.17. The molecular weight excluding hydrogens is 310 g/mol.